The number of hydrogen-bond donors (Lipinski definition) is 4. The van der Waals surface area contributed by atoms with E-state index >= 15 is 0 Å². The van der Waals surface area contributed by atoms with Crippen LogP contribution >= 0.6 is 0 Å². The third-order valence-corrected chi connectivity index (χ3v) is 0.327. The fourth-order valence-electron chi connectivity index (χ4n) is 0.136. The van der Waals surface area contributed by atoms with Crippen LogP contribution in [0, 0.1) is 0 Å². The molecule has 0 amide bonds. The van der Waals surface area contributed by atoms with Crippen molar-refractivity contribution in [1.29, 1.82) is 0 Å². The van der Waals surface area contributed by atoms with Crippen molar-refractivity contribution < 1.29 is 46.9 Å². The van der Waals surface area contributed by atoms with E-state index in [1.807, 2.05) is 0 Å². The van der Waals surface area contributed by atoms with Gasteiger partial charge in [-0.3, -0.25) is 0 Å². The second-order valence-electron chi connectivity index (χ2n) is 4.04. The second kappa shape index (κ2) is 30.8. The first kappa shape index (κ1) is 31.5. The number of ether oxygens (including phenoxy) is 1. The number of rotatable bonds is 3. The first-order valence-electron chi connectivity index (χ1n) is 5.99. The summed E-state index contributed by atoms with van der Waals surface area (Å²) in [6.45, 7) is 14.0. The Hall–Kier alpha value is 0.0943. The van der Waals surface area contributed by atoms with Crippen molar-refractivity contribution in [1.82, 2.24) is 0 Å². The Labute approximate surface area is 133 Å². The van der Waals surface area contributed by atoms with Crippen LogP contribution in [0.2, 0.25) is 0 Å². The van der Waals surface area contributed by atoms with Crippen molar-refractivity contribution in [2.75, 3.05) is 13.2 Å². The molecule has 0 atom stereocenters. The van der Waals surface area contributed by atoms with Gasteiger partial charge in [0.25, 0.3) is 0 Å². The van der Waals surface area contributed by atoms with Gasteiger partial charge < -0.3 is 25.2 Å². The predicted molar refractivity (Wildman–Crippen MR) is 75.3 cm³/mol. The minimum atomic E-state index is -0.167. The molecule has 0 heterocycles. The normalized spacial score (nSPS) is 8.05. The van der Waals surface area contributed by atoms with Crippen molar-refractivity contribution >= 4 is 0 Å². The molecular weight excluding hydrogens is 284 g/mol. The Balaban J connectivity index is -0.0000000459. The molecule has 118 valence electrons. The van der Waals surface area contributed by atoms with Crippen LogP contribution in [0.1, 0.15) is 41.5 Å². The summed E-state index contributed by atoms with van der Waals surface area (Å²) in [5.41, 5.74) is 0. The smallest absolute Gasteiger partial charge is 0.110 e. The summed E-state index contributed by atoms with van der Waals surface area (Å²) in [6, 6.07) is 0. The van der Waals surface area contributed by atoms with E-state index in [1.54, 1.807) is 41.5 Å². The van der Waals surface area contributed by atoms with Crippen LogP contribution in [0.15, 0.2) is 12.8 Å². The molecule has 0 saturated heterocycles. The average Bonchev–Trinajstić information content (AvgIpc) is 2.11. The summed E-state index contributed by atoms with van der Waals surface area (Å²) in [5.74, 6) is 0. The summed E-state index contributed by atoms with van der Waals surface area (Å²) >= 11 is 0. The molecular formula is C13H32O5Ti. The minimum absolute atomic E-state index is 0. The zero-order valence-electron chi connectivity index (χ0n) is 13.1. The Bertz CT molecular complexity index is 108. The van der Waals surface area contributed by atoms with E-state index in [0.29, 0.717) is 6.61 Å². The van der Waals surface area contributed by atoms with E-state index in [9.17, 15) is 0 Å². The van der Waals surface area contributed by atoms with Crippen LogP contribution in [-0.4, -0.2) is 52.0 Å². The summed E-state index contributed by atoms with van der Waals surface area (Å²) < 4.78 is 4.50. The molecule has 0 aromatic carbocycles. The fourth-order valence-corrected chi connectivity index (χ4v) is 0.136. The van der Waals surface area contributed by atoms with Gasteiger partial charge in [-0.2, -0.15) is 0 Å². The van der Waals surface area contributed by atoms with E-state index in [-0.39, 0.29) is 46.6 Å². The van der Waals surface area contributed by atoms with E-state index < -0.39 is 0 Å². The van der Waals surface area contributed by atoms with Crippen molar-refractivity contribution in [2.45, 2.75) is 59.9 Å². The summed E-state index contributed by atoms with van der Waals surface area (Å²) in [7, 11) is 0. The molecule has 5 nitrogen and oxygen atoms in total. The quantitative estimate of drug-likeness (QED) is 0.358. The Morgan fingerprint density at radius 3 is 1.16 bits per heavy atom. The predicted octanol–water partition coefficient (Wildman–Crippen LogP) is 1.30. The molecule has 6 heteroatoms. The molecule has 0 aliphatic rings. The van der Waals surface area contributed by atoms with Gasteiger partial charge in [-0.25, -0.2) is 0 Å². The van der Waals surface area contributed by atoms with Crippen LogP contribution in [0.5, 0.6) is 0 Å². The zero-order valence-corrected chi connectivity index (χ0v) is 14.7. The molecule has 0 radical (unpaired) electrons. The maximum atomic E-state index is 8.06. The molecule has 0 rings (SSSR count). The van der Waals surface area contributed by atoms with Crippen LogP contribution in [0.4, 0.5) is 0 Å². The van der Waals surface area contributed by atoms with Gasteiger partial charge in [0.2, 0.25) is 0 Å². The molecule has 19 heavy (non-hydrogen) atoms. The first-order chi connectivity index (χ1) is 8.11. The Morgan fingerprint density at radius 2 is 1.11 bits per heavy atom. The monoisotopic (exact) mass is 316 g/mol. The SMILES string of the molecule is C=COCCO.CC(C)O.CC(C)O.CC(C)O.[Ti]. The maximum Gasteiger partial charge on any atom is 0.110 e. The Morgan fingerprint density at radius 1 is 0.895 bits per heavy atom. The Kier molecular flexibility index (Phi) is 51.1. The van der Waals surface area contributed by atoms with Crippen molar-refractivity contribution in [3.05, 3.63) is 12.8 Å². The molecule has 0 aromatic rings. The topological polar surface area (TPSA) is 90.2 Å². The van der Waals surface area contributed by atoms with Gasteiger partial charge in [0.15, 0.2) is 0 Å². The molecule has 0 saturated carbocycles. The van der Waals surface area contributed by atoms with Crippen LogP contribution < -0.4 is 0 Å². The van der Waals surface area contributed by atoms with E-state index in [2.05, 4.69) is 11.3 Å². The largest absolute Gasteiger partial charge is 0.499 e. The van der Waals surface area contributed by atoms with Gasteiger partial charge >= 0.3 is 0 Å². The first-order valence-corrected chi connectivity index (χ1v) is 5.99. The molecule has 0 fully saturated rings. The standard InChI is InChI=1S/C4H8O2.3C3H8O.Ti/c1-2-6-4-3-5;3*1-3(2)4;/h2,5H,1,3-4H2;3*3-4H,1-2H3;. The van der Waals surface area contributed by atoms with Crippen LogP contribution in [0.3, 0.4) is 0 Å². The minimum Gasteiger partial charge on any atom is -0.499 e. The van der Waals surface area contributed by atoms with Gasteiger partial charge in [-0.05, 0) is 41.5 Å². The third-order valence-electron chi connectivity index (χ3n) is 0.327. The van der Waals surface area contributed by atoms with Gasteiger partial charge in [0.1, 0.15) is 6.61 Å². The maximum absolute atomic E-state index is 8.06. The van der Waals surface area contributed by atoms with Gasteiger partial charge in [-0.1, -0.05) is 6.58 Å². The van der Waals surface area contributed by atoms with Gasteiger partial charge in [0.05, 0.1) is 12.9 Å². The molecule has 0 spiro atoms. The van der Waals surface area contributed by atoms with Gasteiger partial charge in [0, 0.05) is 40.0 Å². The van der Waals surface area contributed by atoms with Crippen molar-refractivity contribution in [3.8, 4) is 0 Å². The fraction of sp³-hybridized carbons (Fsp3) is 0.846. The van der Waals surface area contributed by atoms with Crippen molar-refractivity contribution in [2.24, 2.45) is 0 Å². The molecule has 0 aliphatic heterocycles. The van der Waals surface area contributed by atoms with Gasteiger partial charge in [-0.15, -0.1) is 0 Å². The molecule has 0 aliphatic carbocycles. The molecule has 0 bridgehead atoms. The number of aliphatic hydroxyl groups is 4. The summed E-state index contributed by atoms with van der Waals surface area (Å²) in [5, 5.41) is 32.2. The number of aliphatic hydroxyl groups excluding tert-OH is 4. The summed E-state index contributed by atoms with van der Waals surface area (Å²) in [6.07, 6.45) is 0.802. The van der Waals surface area contributed by atoms with E-state index in [4.69, 9.17) is 20.4 Å². The van der Waals surface area contributed by atoms with Crippen LogP contribution in [0.25, 0.3) is 0 Å². The molecule has 4 N–H and O–H groups in total. The second-order valence-corrected chi connectivity index (χ2v) is 4.04. The zero-order chi connectivity index (χ0) is 15.6. The average molecular weight is 316 g/mol. The van der Waals surface area contributed by atoms with Crippen molar-refractivity contribution in [3.63, 3.8) is 0 Å². The van der Waals surface area contributed by atoms with E-state index in [1.165, 1.54) is 6.26 Å². The summed E-state index contributed by atoms with van der Waals surface area (Å²) in [4.78, 5) is 0. The molecule has 0 aromatic heterocycles. The van der Waals surface area contributed by atoms with Crippen LogP contribution in [-0.2, 0) is 26.5 Å². The third kappa shape index (κ3) is 490. The molecule has 0 unspecified atom stereocenters. The number of hydrogen-bond acceptors (Lipinski definition) is 5. The van der Waals surface area contributed by atoms with E-state index in [0.717, 1.165) is 0 Å².